The molecule has 1 aliphatic heterocycles. The first kappa shape index (κ1) is 32.6. The van der Waals surface area contributed by atoms with Gasteiger partial charge < -0.3 is 19.7 Å². The van der Waals surface area contributed by atoms with E-state index in [1.165, 1.54) is 5.82 Å². The van der Waals surface area contributed by atoms with Crippen LogP contribution in [0.5, 0.6) is 0 Å². The van der Waals surface area contributed by atoms with Crippen molar-refractivity contribution in [1.29, 1.82) is 0 Å². The third-order valence-electron chi connectivity index (χ3n) is 5.12. The second-order valence-electron chi connectivity index (χ2n) is 8.49. The van der Waals surface area contributed by atoms with Crippen molar-refractivity contribution >= 4 is 17.9 Å². The number of nitrogens with zero attached hydrogens (tertiary/aromatic N) is 6. The van der Waals surface area contributed by atoms with Crippen LogP contribution in [0.1, 0.15) is 45.0 Å². The predicted molar refractivity (Wildman–Crippen MR) is 124 cm³/mol. The summed E-state index contributed by atoms with van der Waals surface area (Å²) in [5.41, 5.74) is 0. The fraction of sp³-hybridized carbons (Fsp3) is 0.591. The first-order valence-corrected chi connectivity index (χ1v) is 11.4. The van der Waals surface area contributed by atoms with Crippen molar-refractivity contribution < 1.29 is 46.1 Å². The van der Waals surface area contributed by atoms with E-state index in [9.17, 15) is 26.3 Å². The molecule has 214 valence electrons. The van der Waals surface area contributed by atoms with Crippen LogP contribution in [0.4, 0.5) is 32.3 Å². The molecule has 0 aliphatic carbocycles. The van der Waals surface area contributed by atoms with Crippen LogP contribution < -0.4 is 4.90 Å². The summed E-state index contributed by atoms with van der Waals surface area (Å²) in [7, 11) is 0. The Kier molecular flexibility index (Phi) is 12.4. The zero-order valence-corrected chi connectivity index (χ0v) is 20.9. The summed E-state index contributed by atoms with van der Waals surface area (Å²) in [5.74, 6) is -3.03. The van der Waals surface area contributed by atoms with E-state index in [-0.39, 0.29) is 0 Å². The maximum Gasteiger partial charge on any atom is 0.490 e. The summed E-state index contributed by atoms with van der Waals surface area (Å²) < 4.78 is 65.8. The third-order valence-corrected chi connectivity index (χ3v) is 5.12. The van der Waals surface area contributed by atoms with Crippen LogP contribution >= 0.6 is 0 Å². The molecule has 0 spiro atoms. The molecule has 1 atom stereocenters. The SMILES string of the molecule is CC(C)c1nccn1C(C)CN1CCCN(c2ncccn2)CC1.O=C(O)C(F)(F)F.O=C(O)C(F)(F)F. The van der Waals surface area contributed by atoms with Crippen LogP contribution in [0.15, 0.2) is 30.9 Å². The van der Waals surface area contributed by atoms with Crippen LogP contribution in [0.25, 0.3) is 0 Å². The van der Waals surface area contributed by atoms with Gasteiger partial charge in [-0.2, -0.15) is 26.3 Å². The van der Waals surface area contributed by atoms with Gasteiger partial charge in [-0.25, -0.2) is 24.5 Å². The molecule has 0 aromatic carbocycles. The molecular weight excluding hydrogens is 526 g/mol. The number of hydrogen-bond acceptors (Lipinski definition) is 7. The highest BCUT2D eigenvalue weighted by Crippen LogP contribution is 2.19. The maximum atomic E-state index is 10.6. The molecule has 1 fully saturated rings. The summed E-state index contributed by atoms with van der Waals surface area (Å²) in [6.45, 7) is 11.9. The lowest BCUT2D eigenvalue weighted by Crippen LogP contribution is -2.34. The van der Waals surface area contributed by atoms with Crippen molar-refractivity contribution in [1.82, 2.24) is 24.4 Å². The van der Waals surface area contributed by atoms with Crippen molar-refractivity contribution in [2.75, 3.05) is 37.6 Å². The van der Waals surface area contributed by atoms with E-state index in [1.807, 2.05) is 24.7 Å². The maximum absolute atomic E-state index is 10.6. The molecule has 2 aromatic rings. The highest BCUT2D eigenvalue weighted by Gasteiger charge is 2.38. The minimum absolute atomic E-state index is 0.435. The monoisotopic (exact) mass is 556 g/mol. The summed E-state index contributed by atoms with van der Waals surface area (Å²) in [5, 5.41) is 14.2. The van der Waals surface area contributed by atoms with Crippen LogP contribution in [0, 0.1) is 0 Å². The Labute approximate surface area is 214 Å². The number of carbonyl (C=O) groups is 2. The molecule has 0 amide bonds. The number of halogens is 6. The lowest BCUT2D eigenvalue weighted by Gasteiger charge is -2.26. The highest BCUT2D eigenvalue weighted by atomic mass is 19.4. The van der Waals surface area contributed by atoms with Crippen LogP contribution in [-0.2, 0) is 9.59 Å². The van der Waals surface area contributed by atoms with Gasteiger partial charge in [-0.05, 0) is 26.0 Å². The Morgan fingerprint density at radius 2 is 1.39 bits per heavy atom. The van der Waals surface area contributed by atoms with Crippen molar-refractivity contribution in [3.8, 4) is 0 Å². The third kappa shape index (κ3) is 11.3. The second-order valence-corrected chi connectivity index (χ2v) is 8.49. The van der Waals surface area contributed by atoms with E-state index in [0.29, 0.717) is 12.0 Å². The zero-order valence-electron chi connectivity index (χ0n) is 20.9. The number of rotatable bonds is 5. The van der Waals surface area contributed by atoms with Crippen molar-refractivity contribution in [3.05, 3.63) is 36.7 Å². The minimum atomic E-state index is -5.08. The first-order chi connectivity index (χ1) is 17.5. The molecule has 2 aromatic heterocycles. The molecule has 1 unspecified atom stereocenters. The molecule has 10 nitrogen and oxygen atoms in total. The molecular formula is C22H30F6N6O4. The lowest BCUT2D eigenvalue weighted by atomic mass is 10.2. The number of hydrogen-bond donors (Lipinski definition) is 2. The molecule has 0 radical (unpaired) electrons. The Hall–Kier alpha value is -3.43. The Morgan fingerprint density at radius 3 is 1.87 bits per heavy atom. The average Bonchev–Trinajstić information content (AvgIpc) is 3.21. The minimum Gasteiger partial charge on any atom is -0.475 e. The van der Waals surface area contributed by atoms with Crippen LogP contribution in [-0.4, -0.2) is 91.6 Å². The summed E-state index contributed by atoms with van der Waals surface area (Å²) in [6.07, 6.45) is -1.35. The van der Waals surface area contributed by atoms with E-state index < -0.39 is 24.3 Å². The van der Waals surface area contributed by atoms with E-state index in [4.69, 9.17) is 19.8 Å². The molecule has 1 saturated heterocycles. The standard InChI is InChI=1S/C18H28N6.2C2HF3O2/c1-15(2)17-19-8-11-24(17)16(3)14-22-9-5-10-23(13-12-22)18-20-6-4-7-21-18;2*3-2(4,5)1(6)7/h4,6-8,11,15-16H,5,9-10,12-14H2,1-3H3;2*(H,6,7). The van der Waals surface area contributed by atoms with Gasteiger partial charge in [0.15, 0.2) is 0 Å². The number of carboxylic acid groups (broad SMARTS) is 2. The van der Waals surface area contributed by atoms with Gasteiger partial charge in [0.1, 0.15) is 5.82 Å². The second kappa shape index (κ2) is 14.5. The summed E-state index contributed by atoms with van der Waals surface area (Å²) in [4.78, 5) is 35.9. The molecule has 3 rings (SSSR count). The van der Waals surface area contributed by atoms with Gasteiger partial charge in [0.25, 0.3) is 0 Å². The molecule has 2 N–H and O–H groups in total. The lowest BCUT2D eigenvalue weighted by molar-refractivity contribution is -0.193. The number of alkyl halides is 6. The van der Waals surface area contributed by atoms with Gasteiger partial charge >= 0.3 is 24.3 Å². The van der Waals surface area contributed by atoms with Gasteiger partial charge in [-0.3, -0.25) is 4.90 Å². The zero-order chi connectivity index (χ0) is 29.1. The highest BCUT2D eigenvalue weighted by molar-refractivity contribution is 5.73. The average molecular weight is 557 g/mol. The van der Waals surface area contributed by atoms with Crippen LogP contribution in [0.2, 0.25) is 0 Å². The van der Waals surface area contributed by atoms with Gasteiger partial charge in [0, 0.05) is 62.9 Å². The fourth-order valence-electron chi connectivity index (χ4n) is 3.41. The number of aromatic nitrogens is 4. The molecule has 0 bridgehead atoms. The molecule has 3 heterocycles. The van der Waals surface area contributed by atoms with Crippen molar-refractivity contribution in [3.63, 3.8) is 0 Å². The Bertz CT molecular complexity index is 976. The number of carboxylic acids is 2. The van der Waals surface area contributed by atoms with Gasteiger partial charge in [-0.15, -0.1) is 0 Å². The molecule has 38 heavy (non-hydrogen) atoms. The van der Waals surface area contributed by atoms with E-state index in [0.717, 1.165) is 45.1 Å². The Morgan fingerprint density at radius 1 is 0.868 bits per heavy atom. The topological polar surface area (TPSA) is 125 Å². The fourth-order valence-corrected chi connectivity index (χ4v) is 3.41. The smallest absolute Gasteiger partial charge is 0.475 e. The number of aliphatic carboxylic acids is 2. The summed E-state index contributed by atoms with van der Waals surface area (Å²) in [6, 6.07) is 2.30. The van der Waals surface area contributed by atoms with E-state index in [2.05, 4.69) is 56.3 Å². The quantitative estimate of drug-likeness (QED) is 0.529. The van der Waals surface area contributed by atoms with Gasteiger partial charge in [0.2, 0.25) is 5.95 Å². The van der Waals surface area contributed by atoms with Gasteiger partial charge in [0.05, 0.1) is 0 Å². The van der Waals surface area contributed by atoms with E-state index in [1.54, 1.807) is 0 Å². The van der Waals surface area contributed by atoms with E-state index >= 15 is 0 Å². The van der Waals surface area contributed by atoms with Crippen molar-refractivity contribution in [2.24, 2.45) is 0 Å². The first-order valence-electron chi connectivity index (χ1n) is 11.4. The molecule has 1 aliphatic rings. The molecule has 0 saturated carbocycles. The Balaban J connectivity index is 0.000000426. The molecule has 16 heteroatoms. The summed E-state index contributed by atoms with van der Waals surface area (Å²) >= 11 is 0. The predicted octanol–water partition coefficient (Wildman–Crippen LogP) is 3.84. The normalized spacial score (nSPS) is 15.5. The van der Waals surface area contributed by atoms with Crippen molar-refractivity contribution in [2.45, 2.75) is 51.5 Å². The largest absolute Gasteiger partial charge is 0.490 e. The van der Waals surface area contributed by atoms with Gasteiger partial charge in [-0.1, -0.05) is 13.8 Å². The number of anilines is 1. The number of imidazole rings is 1. The van der Waals surface area contributed by atoms with Crippen LogP contribution in [0.3, 0.4) is 0 Å².